The number of nitrogens with one attached hydrogen (secondary N) is 1. The predicted molar refractivity (Wildman–Crippen MR) is 130 cm³/mol. The quantitative estimate of drug-likeness (QED) is 0.577. The number of nitrogens with zero attached hydrogens (tertiary/aromatic N) is 1. The maximum Gasteiger partial charge on any atom is 0.240 e. The zero-order valence-corrected chi connectivity index (χ0v) is 20.5. The number of piperidine rings is 1. The molecule has 0 aromatic heterocycles. The second-order valence-corrected chi connectivity index (χ2v) is 11.2. The Bertz CT molecular complexity index is 1070. The lowest BCUT2D eigenvalue weighted by Crippen LogP contribution is -2.51. The van der Waals surface area contributed by atoms with Crippen LogP contribution in [0.1, 0.15) is 37.7 Å². The Morgan fingerprint density at radius 2 is 1.71 bits per heavy atom. The molecule has 4 rings (SSSR count). The van der Waals surface area contributed by atoms with Gasteiger partial charge in [-0.15, -0.1) is 0 Å². The zero-order chi connectivity index (χ0) is 24.8. The van der Waals surface area contributed by atoms with E-state index in [-0.39, 0.29) is 29.9 Å². The number of aliphatic hydroxyl groups is 1. The number of ether oxygens (including phenoxy) is 1. The van der Waals surface area contributed by atoms with Crippen LogP contribution in [0.15, 0.2) is 59.5 Å². The Kier molecular flexibility index (Phi) is 8.54. The molecule has 7 nitrogen and oxygen atoms in total. The number of carbonyl (C=O) groups excluding carboxylic acids is 1. The largest absolute Gasteiger partial charge is 0.394 e. The van der Waals surface area contributed by atoms with Crippen molar-refractivity contribution >= 4 is 15.9 Å². The summed E-state index contributed by atoms with van der Waals surface area (Å²) in [6.45, 7) is 1.09. The van der Waals surface area contributed by atoms with E-state index in [0.717, 1.165) is 44.5 Å². The van der Waals surface area contributed by atoms with Crippen LogP contribution in [0.4, 0.5) is 4.39 Å². The molecule has 0 radical (unpaired) electrons. The molecule has 2 aromatic carbocycles. The number of sulfonamides is 1. The van der Waals surface area contributed by atoms with E-state index in [1.54, 1.807) is 0 Å². The van der Waals surface area contributed by atoms with Gasteiger partial charge in [0.05, 0.1) is 36.2 Å². The standard InChI is InChI=1S/C26H33FN2O5S/c27-21-6-9-23(10-7-21)35(32,33)28-24-11-8-22(34-25(24)18-30)17-26(31)29-14-12-20(13-15-29)16-19-4-2-1-3-5-19/h1-7,9-10,20,22,24-25,28,30H,8,11-18H2/t22-,24+,25-/m0/s1. The molecule has 2 aromatic rings. The Balaban J connectivity index is 1.25. The first-order chi connectivity index (χ1) is 16.8. The normalized spacial score (nSPS) is 23.8. The van der Waals surface area contributed by atoms with Crippen molar-refractivity contribution in [2.75, 3.05) is 19.7 Å². The molecular formula is C26H33FN2O5S. The number of likely N-dealkylation sites (tertiary alicyclic amines) is 1. The first kappa shape index (κ1) is 25.8. The molecule has 0 spiro atoms. The minimum atomic E-state index is -3.89. The predicted octanol–water partition coefficient (Wildman–Crippen LogP) is 2.88. The van der Waals surface area contributed by atoms with Crippen LogP contribution >= 0.6 is 0 Å². The fraction of sp³-hybridized carbons (Fsp3) is 0.500. The molecule has 0 aliphatic carbocycles. The Hall–Kier alpha value is -2.33. The molecule has 2 aliphatic rings. The minimum Gasteiger partial charge on any atom is -0.394 e. The molecule has 0 unspecified atom stereocenters. The number of aliphatic hydroxyl groups excluding tert-OH is 1. The van der Waals surface area contributed by atoms with Crippen LogP contribution in [0.3, 0.4) is 0 Å². The van der Waals surface area contributed by atoms with E-state index in [4.69, 9.17) is 4.74 Å². The van der Waals surface area contributed by atoms with Crippen LogP contribution in [0, 0.1) is 11.7 Å². The summed E-state index contributed by atoms with van der Waals surface area (Å²) >= 11 is 0. The zero-order valence-electron chi connectivity index (χ0n) is 19.7. The van der Waals surface area contributed by atoms with E-state index in [0.29, 0.717) is 18.8 Å². The van der Waals surface area contributed by atoms with E-state index in [1.165, 1.54) is 17.7 Å². The number of amides is 1. The second-order valence-electron chi connectivity index (χ2n) is 9.46. The molecule has 0 saturated carbocycles. The first-order valence-corrected chi connectivity index (χ1v) is 13.7. The highest BCUT2D eigenvalue weighted by Gasteiger charge is 2.35. The van der Waals surface area contributed by atoms with Crippen molar-refractivity contribution in [1.29, 1.82) is 0 Å². The van der Waals surface area contributed by atoms with Crippen molar-refractivity contribution in [2.24, 2.45) is 5.92 Å². The highest BCUT2D eigenvalue weighted by Crippen LogP contribution is 2.26. The van der Waals surface area contributed by atoms with Gasteiger partial charge < -0.3 is 14.7 Å². The summed E-state index contributed by atoms with van der Waals surface area (Å²) in [5, 5.41) is 9.81. The van der Waals surface area contributed by atoms with Crippen LogP contribution < -0.4 is 4.72 Å². The second kappa shape index (κ2) is 11.6. The molecule has 2 N–H and O–H groups in total. The molecule has 35 heavy (non-hydrogen) atoms. The monoisotopic (exact) mass is 504 g/mol. The third kappa shape index (κ3) is 6.88. The molecule has 3 atom stereocenters. The van der Waals surface area contributed by atoms with E-state index >= 15 is 0 Å². The van der Waals surface area contributed by atoms with Gasteiger partial charge in [-0.3, -0.25) is 4.79 Å². The summed E-state index contributed by atoms with van der Waals surface area (Å²) < 4.78 is 46.9. The fourth-order valence-electron chi connectivity index (χ4n) is 4.96. The van der Waals surface area contributed by atoms with Crippen LogP contribution in [-0.4, -0.2) is 62.3 Å². The number of hydrogen-bond donors (Lipinski definition) is 2. The topological polar surface area (TPSA) is 95.9 Å². The van der Waals surface area contributed by atoms with Crippen LogP contribution in [-0.2, 0) is 26.0 Å². The van der Waals surface area contributed by atoms with Crippen LogP contribution in [0.2, 0.25) is 0 Å². The third-order valence-corrected chi connectivity index (χ3v) is 8.47. The molecule has 9 heteroatoms. The van der Waals surface area contributed by atoms with E-state index in [2.05, 4.69) is 29.0 Å². The van der Waals surface area contributed by atoms with E-state index < -0.39 is 28.0 Å². The number of rotatable bonds is 8. The fourth-order valence-corrected chi connectivity index (χ4v) is 6.25. The SMILES string of the molecule is O=C(C[C@@H]1CC[C@@H](NS(=O)(=O)c2ccc(F)cc2)[C@H](CO)O1)N1CCC(Cc2ccccc2)CC1. The van der Waals surface area contributed by atoms with Gasteiger partial charge in [0.2, 0.25) is 15.9 Å². The number of carbonyl (C=O) groups is 1. The van der Waals surface area contributed by atoms with Gasteiger partial charge in [-0.05, 0) is 67.9 Å². The van der Waals surface area contributed by atoms with Crippen LogP contribution in [0.25, 0.3) is 0 Å². The summed E-state index contributed by atoms with van der Waals surface area (Å²) in [6.07, 6.45) is 3.00. The van der Waals surface area contributed by atoms with Gasteiger partial charge in [-0.2, -0.15) is 0 Å². The summed E-state index contributed by atoms with van der Waals surface area (Å²) in [5.74, 6) is 0.0855. The van der Waals surface area contributed by atoms with Crippen molar-refractivity contribution in [3.63, 3.8) is 0 Å². The van der Waals surface area contributed by atoms with Gasteiger partial charge in [0.1, 0.15) is 5.82 Å². The van der Waals surface area contributed by atoms with Gasteiger partial charge in [0.25, 0.3) is 0 Å². The number of benzene rings is 2. The summed E-state index contributed by atoms with van der Waals surface area (Å²) in [5.41, 5.74) is 1.33. The molecule has 2 heterocycles. The maximum absolute atomic E-state index is 13.1. The van der Waals surface area contributed by atoms with Crippen LogP contribution in [0.5, 0.6) is 0 Å². The van der Waals surface area contributed by atoms with Crippen molar-refractivity contribution in [1.82, 2.24) is 9.62 Å². The highest BCUT2D eigenvalue weighted by atomic mass is 32.2. The average molecular weight is 505 g/mol. The van der Waals surface area contributed by atoms with E-state index in [1.807, 2.05) is 11.0 Å². The molecule has 2 aliphatic heterocycles. The molecule has 2 fully saturated rings. The summed E-state index contributed by atoms with van der Waals surface area (Å²) in [4.78, 5) is 14.7. The third-order valence-electron chi connectivity index (χ3n) is 6.96. The summed E-state index contributed by atoms with van der Waals surface area (Å²) in [7, 11) is -3.89. The lowest BCUT2D eigenvalue weighted by atomic mass is 9.90. The maximum atomic E-state index is 13.1. The van der Waals surface area contributed by atoms with Gasteiger partial charge >= 0.3 is 0 Å². The lowest BCUT2D eigenvalue weighted by molar-refractivity contribution is -0.141. The average Bonchev–Trinajstić information content (AvgIpc) is 2.86. The lowest BCUT2D eigenvalue weighted by Gasteiger charge is -2.37. The van der Waals surface area contributed by atoms with Crippen molar-refractivity contribution in [3.8, 4) is 0 Å². The van der Waals surface area contributed by atoms with Crippen molar-refractivity contribution < 1.29 is 27.4 Å². The number of hydrogen-bond acceptors (Lipinski definition) is 5. The minimum absolute atomic E-state index is 0.0372. The highest BCUT2D eigenvalue weighted by molar-refractivity contribution is 7.89. The van der Waals surface area contributed by atoms with Crippen molar-refractivity contribution in [2.45, 2.75) is 61.7 Å². The Labute approximate surface area is 206 Å². The van der Waals surface area contributed by atoms with Gasteiger partial charge in [-0.25, -0.2) is 17.5 Å². The van der Waals surface area contributed by atoms with Gasteiger partial charge in [0, 0.05) is 13.1 Å². The molecule has 0 bridgehead atoms. The Morgan fingerprint density at radius 1 is 1.03 bits per heavy atom. The number of halogens is 1. The summed E-state index contributed by atoms with van der Waals surface area (Å²) in [6, 6.07) is 14.3. The van der Waals surface area contributed by atoms with E-state index in [9.17, 15) is 22.7 Å². The molecule has 1 amide bonds. The molecule has 2 saturated heterocycles. The van der Waals surface area contributed by atoms with Gasteiger partial charge in [-0.1, -0.05) is 30.3 Å². The van der Waals surface area contributed by atoms with Crippen molar-refractivity contribution in [3.05, 3.63) is 66.0 Å². The van der Waals surface area contributed by atoms with Gasteiger partial charge in [0.15, 0.2) is 0 Å². The first-order valence-electron chi connectivity index (χ1n) is 12.2. The smallest absolute Gasteiger partial charge is 0.240 e. The molecule has 190 valence electrons. The Morgan fingerprint density at radius 3 is 2.37 bits per heavy atom. The molecular weight excluding hydrogens is 471 g/mol.